The summed E-state index contributed by atoms with van der Waals surface area (Å²) in [6.45, 7) is 8.19. The molecule has 1 fully saturated rings. The molecule has 1 aliphatic carbocycles. The van der Waals surface area contributed by atoms with Crippen LogP contribution in [0.2, 0.25) is 5.02 Å². The van der Waals surface area contributed by atoms with E-state index >= 15 is 0 Å². The fourth-order valence-electron chi connectivity index (χ4n) is 2.96. The first-order chi connectivity index (χ1) is 10.1. The monoisotopic (exact) mass is 309 g/mol. The minimum absolute atomic E-state index is 0.421. The van der Waals surface area contributed by atoms with E-state index in [4.69, 9.17) is 16.3 Å². The molecule has 0 atom stereocenters. The summed E-state index contributed by atoms with van der Waals surface area (Å²) in [6.07, 6.45) is 6.51. The van der Waals surface area contributed by atoms with Gasteiger partial charge in [0.15, 0.2) is 0 Å². The van der Waals surface area contributed by atoms with Crippen LogP contribution in [0.5, 0.6) is 5.75 Å². The lowest BCUT2D eigenvalue weighted by molar-refractivity contribution is 0.302. The largest absolute Gasteiger partial charge is 0.493 e. The maximum Gasteiger partial charge on any atom is 0.122 e. The molecule has 0 radical (unpaired) electrons. The van der Waals surface area contributed by atoms with E-state index in [1.54, 1.807) is 0 Å². The molecule has 0 saturated heterocycles. The first kappa shape index (κ1) is 16.6. The first-order valence-corrected chi connectivity index (χ1v) is 8.62. The van der Waals surface area contributed by atoms with Crippen molar-refractivity contribution in [3.05, 3.63) is 28.3 Å². The zero-order valence-corrected chi connectivity index (χ0v) is 14.3. The summed E-state index contributed by atoms with van der Waals surface area (Å²) in [4.78, 5) is 0. The van der Waals surface area contributed by atoms with Gasteiger partial charge < -0.3 is 10.1 Å². The molecule has 2 rings (SSSR count). The lowest BCUT2D eigenvalue weighted by atomic mass is 10.0. The molecule has 0 spiro atoms. The van der Waals surface area contributed by atoms with Crippen molar-refractivity contribution in [2.24, 2.45) is 0 Å². The lowest BCUT2D eigenvalue weighted by Gasteiger charge is -2.15. The van der Waals surface area contributed by atoms with Crippen molar-refractivity contribution in [1.82, 2.24) is 5.32 Å². The Hall–Kier alpha value is -0.730. The van der Waals surface area contributed by atoms with E-state index < -0.39 is 0 Å². The molecule has 1 aliphatic rings. The average Bonchev–Trinajstić information content (AvgIpc) is 2.93. The molecular formula is C18H28ClNO. The molecule has 0 aliphatic heterocycles. The molecule has 0 unspecified atom stereocenters. The minimum atomic E-state index is 0.421. The van der Waals surface area contributed by atoms with Crippen LogP contribution in [-0.2, 0) is 0 Å². The normalized spacial score (nSPS) is 15.9. The Bertz CT molecular complexity index is 453. The van der Waals surface area contributed by atoms with E-state index in [1.807, 2.05) is 6.07 Å². The summed E-state index contributed by atoms with van der Waals surface area (Å²) in [7, 11) is 0. The average molecular weight is 310 g/mol. The second kappa shape index (κ2) is 8.05. The third-order valence-electron chi connectivity index (χ3n) is 4.28. The molecule has 21 heavy (non-hydrogen) atoms. The van der Waals surface area contributed by atoms with Crippen molar-refractivity contribution in [1.29, 1.82) is 0 Å². The van der Waals surface area contributed by atoms with Gasteiger partial charge in [-0.25, -0.2) is 0 Å². The van der Waals surface area contributed by atoms with Crippen LogP contribution in [0.3, 0.4) is 0 Å². The summed E-state index contributed by atoms with van der Waals surface area (Å²) in [5.74, 6) is 1.40. The maximum atomic E-state index is 6.29. The molecule has 0 aromatic heterocycles. The molecule has 2 nitrogen and oxygen atoms in total. The van der Waals surface area contributed by atoms with E-state index in [-0.39, 0.29) is 0 Å². The van der Waals surface area contributed by atoms with Crippen molar-refractivity contribution >= 4 is 11.6 Å². The van der Waals surface area contributed by atoms with Crippen molar-refractivity contribution in [3.8, 4) is 5.75 Å². The Kier molecular flexibility index (Phi) is 6.38. The van der Waals surface area contributed by atoms with Crippen LogP contribution >= 0.6 is 11.6 Å². The Morgan fingerprint density at radius 2 is 2.00 bits per heavy atom. The van der Waals surface area contributed by atoms with Gasteiger partial charge in [-0.15, -0.1) is 0 Å². The van der Waals surface area contributed by atoms with Gasteiger partial charge in [-0.05, 0) is 61.9 Å². The summed E-state index contributed by atoms with van der Waals surface area (Å²) in [6, 6.07) is 4.87. The van der Waals surface area contributed by atoms with Gasteiger partial charge in [0.05, 0.1) is 6.61 Å². The van der Waals surface area contributed by atoms with Gasteiger partial charge in [0.25, 0.3) is 0 Å². The van der Waals surface area contributed by atoms with Crippen LogP contribution < -0.4 is 10.1 Å². The highest BCUT2D eigenvalue weighted by Crippen LogP contribution is 2.31. The molecule has 1 N–H and O–H groups in total. The van der Waals surface area contributed by atoms with E-state index in [2.05, 4.69) is 32.2 Å². The molecule has 0 bridgehead atoms. The van der Waals surface area contributed by atoms with E-state index in [0.29, 0.717) is 5.92 Å². The number of rotatable bonds is 7. The number of halogens is 1. The van der Waals surface area contributed by atoms with Crippen molar-refractivity contribution in [2.75, 3.05) is 13.2 Å². The van der Waals surface area contributed by atoms with Gasteiger partial charge in [0.2, 0.25) is 0 Å². The van der Waals surface area contributed by atoms with Gasteiger partial charge in [-0.3, -0.25) is 0 Å². The molecule has 1 saturated carbocycles. The highest BCUT2D eigenvalue weighted by atomic mass is 35.5. The van der Waals surface area contributed by atoms with Crippen LogP contribution in [0, 0.1) is 6.92 Å². The summed E-state index contributed by atoms with van der Waals surface area (Å²) < 4.78 is 5.95. The van der Waals surface area contributed by atoms with Gasteiger partial charge in [-0.2, -0.15) is 0 Å². The second-order valence-corrected chi connectivity index (χ2v) is 6.84. The molecule has 0 heterocycles. The Morgan fingerprint density at radius 3 is 2.67 bits per heavy atom. The van der Waals surface area contributed by atoms with Crippen LogP contribution in [0.1, 0.15) is 63.0 Å². The van der Waals surface area contributed by atoms with Crippen LogP contribution in [0.4, 0.5) is 0 Å². The molecular weight excluding hydrogens is 282 g/mol. The topological polar surface area (TPSA) is 21.3 Å². The smallest absolute Gasteiger partial charge is 0.122 e. The van der Waals surface area contributed by atoms with Gasteiger partial charge >= 0.3 is 0 Å². The summed E-state index contributed by atoms with van der Waals surface area (Å²) >= 11 is 6.29. The van der Waals surface area contributed by atoms with E-state index in [1.165, 1.54) is 31.2 Å². The van der Waals surface area contributed by atoms with Gasteiger partial charge in [0.1, 0.15) is 5.75 Å². The highest BCUT2D eigenvalue weighted by molar-refractivity contribution is 6.31. The highest BCUT2D eigenvalue weighted by Gasteiger charge is 2.13. The zero-order valence-electron chi connectivity index (χ0n) is 13.5. The number of hydrogen-bond donors (Lipinski definition) is 1. The maximum absolute atomic E-state index is 6.29. The predicted molar refractivity (Wildman–Crippen MR) is 90.6 cm³/mol. The fourth-order valence-corrected chi connectivity index (χ4v) is 3.39. The van der Waals surface area contributed by atoms with Crippen LogP contribution in [-0.4, -0.2) is 19.2 Å². The predicted octanol–water partition coefficient (Wildman–Crippen LogP) is 5.07. The zero-order chi connectivity index (χ0) is 15.2. The third kappa shape index (κ3) is 4.89. The number of ether oxygens (including phenoxy) is 1. The standard InChI is InChI=1S/C18H28ClNO/c1-13(2)16-12-18(14(3)11-17(16)19)21-10-6-9-20-15-7-4-5-8-15/h11-13,15,20H,4-10H2,1-3H3. The van der Waals surface area contributed by atoms with E-state index in [0.717, 1.165) is 41.9 Å². The molecule has 118 valence electrons. The number of benzene rings is 1. The van der Waals surface area contributed by atoms with Crippen LogP contribution in [0.25, 0.3) is 0 Å². The summed E-state index contributed by atoms with van der Waals surface area (Å²) in [5, 5.41) is 4.47. The quantitative estimate of drug-likeness (QED) is 0.710. The fraction of sp³-hybridized carbons (Fsp3) is 0.667. The molecule has 1 aromatic carbocycles. The van der Waals surface area contributed by atoms with Crippen molar-refractivity contribution in [3.63, 3.8) is 0 Å². The third-order valence-corrected chi connectivity index (χ3v) is 4.61. The SMILES string of the molecule is Cc1cc(Cl)c(C(C)C)cc1OCCCNC1CCCC1. The summed E-state index contributed by atoms with van der Waals surface area (Å²) in [5.41, 5.74) is 2.29. The lowest BCUT2D eigenvalue weighted by Crippen LogP contribution is -2.27. The van der Waals surface area contributed by atoms with E-state index in [9.17, 15) is 0 Å². The molecule has 0 amide bonds. The number of nitrogens with one attached hydrogen (secondary N) is 1. The van der Waals surface area contributed by atoms with Crippen molar-refractivity contribution < 1.29 is 4.74 Å². The molecule has 1 aromatic rings. The number of hydrogen-bond acceptors (Lipinski definition) is 2. The first-order valence-electron chi connectivity index (χ1n) is 8.24. The Labute approximate surface area is 134 Å². The number of aryl methyl sites for hydroxylation is 1. The Balaban J connectivity index is 1.78. The van der Waals surface area contributed by atoms with Gasteiger partial charge in [-0.1, -0.05) is 38.3 Å². The minimum Gasteiger partial charge on any atom is -0.493 e. The van der Waals surface area contributed by atoms with Crippen LogP contribution in [0.15, 0.2) is 12.1 Å². The Morgan fingerprint density at radius 1 is 1.29 bits per heavy atom. The molecule has 3 heteroatoms. The van der Waals surface area contributed by atoms with Crippen molar-refractivity contribution in [2.45, 2.75) is 64.8 Å². The van der Waals surface area contributed by atoms with Gasteiger partial charge in [0, 0.05) is 11.1 Å². The second-order valence-electron chi connectivity index (χ2n) is 6.43.